The molecule has 2 amide bonds. The molecule has 0 heterocycles. The molecule has 0 aliphatic heterocycles. The third-order valence-electron chi connectivity index (χ3n) is 7.05. The molecule has 7 nitrogen and oxygen atoms in total. The summed E-state index contributed by atoms with van der Waals surface area (Å²) in [6, 6.07) is 31.6. The van der Waals surface area contributed by atoms with Crippen molar-refractivity contribution in [3.05, 3.63) is 131 Å². The van der Waals surface area contributed by atoms with Gasteiger partial charge in [-0.3, -0.25) is 13.9 Å². The van der Waals surface area contributed by atoms with Crippen LogP contribution < -0.4 is 9.62 Å². The smallest absolute Gasteiger partial charge is 0.264 e. The Kier molecular flexibility index (Phi) is 10.1. The number of amides is 2. The highest BCUT2D eigenvalue weighted by Crippen LogP contribution is 2.27. The standard InChI is InChI=1S/C34H37N3O4S/c1-4-35-34(39)32(23-28-16-7-5-8-17-28)36(24-29-18-13-14-26(2)22-29)33(38)25-37(31-21-12-11-15-27(31)3)42(40,41)30-19-9-6-10-20-30/h5-22,32H,4,23-25H2,1-3H3,(H,35,39). The molecule has 4 aromatic carbocycles. The summed E-state index contributed by atoms with van der Waals surface area (Å²) in [5.41, 5.74) is 3.87. The van der Waals surface area contributed by atoms with Gasteiger partial charge in [0.2, 0.25) is 11.8 Å². The second-order valence-corrected chi connectivity index (χ2v) is 12.1. The van der Waals surface area contributed by atoms with Gasteiger partial charge in [-0.25, -0.2) is 8.42 Å². The van der Waals surface area contributed by atoms with Crippen LogP contribution >= 0.6 is 0 Å². The van der Waals surface area contributed by atoms with Gasteiger partial charge in [-0.05, 0) is 55.7 Å². The van der Waals surface area contributed by atoms with E-state index in [2.05, 4.69) is 5.32 Å². The molecule has 218 valence electrons. The number of benzene rings is 4. The molecule has 0 spiro atoms. The molecule has 4 aromatic rings. The van der Waals surface area contributed by atoms with Crippen LogP contribution in [0.1, 0.15) is 29.2 Å². The van der Waals surface area contributed by atoms with Crippen LogP contribution in [-0.4, -0.2) is 44.3 Å². The van der Waals surface area contributed by atoms with Crippen molar-refractivity contribution in [2.45, 2.75) is 44.7 Å². The Morgan fingerprint density at radius 1 is 0.786 bits per heavy atom. The van der Waals surface area contributed by atoms with Crippen LogP contribution in [0.5, 0.6) is 0 Å². The number of para-hydroxylation sites is 1. The number of anilines is 1. The van der Waals surface area contributed by atoms with Gasteiger partial charge in [0.25, 0.3) is 10.0 Å². The normalized spacial score (nSPS) is 11.9. The van der Waals surface area contributed by atoms with Crippen LogP contribution in [0, 0.1) is 13.8 Å². The van der Waals surface area contributed by atoms with Crippen LogP contribution in [0.15, 0.2) is 114 Å². The Bertz CT molecular complexity index is 1610. The predicted octanol–water partition coefficient (Wildman–Crippen LogP) is 5.27. The first-order valence-electron chi connectivity index (χ1n) is 14.0. The first kappa shape index (κ1) is 30.5. The average Bonchev–Trinajstić information content (AvgIpc) is 2.99. The van der Waals surface area contributed by atoms with Crippen molar-refractivity contribution in [3.63, 3.8) is 0 Å². The zero-order valence-corrected chi connectivity index (χ0v) is 25.1. The van der Waals surface area contributed by atoms with Gasteiger partial charge in [-0.15, -0.1) is 0 Å². The van der Waals surface area contributed by atoms with E-state index < -0.39 is 28.5 Å². The molecule has 0 saturated carbocycles. The monoisotopic (exact) mass is 583 g/mol. The molecule has 1 N–H and O–H groups in total. The highest BCUT2D eigenvalue weighted by molar-refractivity contribution is 7.92. The molecular formula is C34H37N3O4S. The van der Waals surface area contributed by atoms with E-state index >= 15 is 0 Å². The summed E-state index contributed by atoms with van der Waals surface area (Å²) >= 11 is 0. The number of nitrogens with zero attached hydrogens (tertiary/aromatic N) is 2. The summed E-state index contributed by atoms with van der Waals surface area (Å²) < 4.78 is 29.2. The summed E-state index contributed by atoms with van der Waals surface area (Å²) in [4.78, 5) is 29.5. The molecule has 0 fully saturated rings. The van der Waals surface area contributed by atoms with Crippen molar-refractivity contribution in [2.75, 3.05) is 17.4 Å². The van der Waals surface area contributed by atoms with Crippen LogP contribution in [0.3, 0.4) is 0 Å². The third kappa shape index (κ3) is 7.44. The number of carbonyl (C=O) groups is 2. The molecular weight excluding hydrogens is 546 g/mol. The zero-order valence-electron chi connectivity index (χ0n) is 24.2. The molecule has 0 radical (unpaired) electrons. The Morgan fingerprint density at radius 2 is 1.40 bits per heavy atom. The van der Waals surface area contributed by atoms with Crippen molar-refractivity contribution < 1.29 is 18.0 Å². The molecule has 42 heavy (non-hydrogen) atoms. The summed E-state index contributed by atoms with van der Waals surface area (Å²) in [6.45, 7) is 5.67. The Balaban J connectivity index is 1.80. The second-order valence-electron chi connectivity index (χ2n) is 10.2. The fourth-order valence-electron chi connectivity index (χ4n) is 4.93. The lowest BCUT2D eigenvalue weighted by molar-refractivity contribution is -0.140. The van der Waals surface area contributed by atoms with E-state index in [1.807, 2.05) is 87.5 Å². The molecule has 0 saturated heterocycles. The van der Waals surface area contributed by atoms with E-state index in [0.717, 1.165) is 21.0 Å². The zero-order chi connectivity index (χ0) is 30.1. The van der Waals surface area contributed by atoms with Crippen molar-refractivity contribution in [1.29, 1.82) is 0 Å². The first-order chi connectivity index (χ1) is 20.2. The predicted molar refractivity (Wildman–Crippen MR) is 166 cm³/mol. The fourth-order valence-corrected chi connectivity index (χ4v) is 6.43. The number of hydrogen-bond acceptors (Lipinski definition) is 4. The highest BCUT2D eigenvalue weighted by atomic mass is 32.2. The summed E-state index contributed by atoms with van der Waals surface area (Å²) in [5.74, 6) is -0.776. The van der Waals surface area contributed by atoms with E-state index in [-0.39, 0.29) is 23.8 Å². The highest BCUT2D eigenvalue weighted by Gasteiger charge is 2.34. The van der Waals surface area contributed by atoms with Gasteiger partial charge < -0.3 is 10.2 Å². The lowest BCUT2D eigenvalue weighted by atomic mass is 10.0. The fraction of sp³-hybridized carbons (Fsp3) is 0.235. The van der Waals surface area contributed by atoms with E-state index in [9.17, 15) is 18.0 Å². The molecule has 0 bridgehead atoms. The number of hydrogen-bond donors (Lipinski definition) is 1. The van der Waals surface area contributed by atoms with Gasteiger partial charge in [0, 0.05) is 19.5 Å². The SMILES string of the molecule is CCNC(=O)C(Cc1ccccc1)N(Cc1cccc(C)c1)C(=O)CN(c1ccccc1C)S(=O)(=O)c1ccccc1. The molecule has 0 aromatic heterocycles. The molecule has 1 atom stereocenters. The van der Waals surface area contributed by atoms with E-state index in [1.165, 1.54) is 17.0 Å². The minimum absolute atomic E-state index is 0.0795. The number of carbonyl (C=O) groups excluding carboxylic acids is 2. The Labute approximate surface area is 248 Å². The van der Waals surface area contributed by atoms with E-state index in [0.29, 0.717) is 17.8 Å². The van der Waals surface area contributed by atoms with Crippen molar-refractivity contribution >= 4 is 27.5 Å². The summed E-state index contributed by atoms with van der Waals surface area (Å²) in [5, 5.41) is 2.88. The van der Waals surface area contributed by atoms with Gasteiger partial charge in [-0.2, -0.15) is 0 Å². The summed E-state index contributed by atoms with van der Waals surface area (Å²) in [6.07, 6.45) is 0.278. The maximum absolute atomic E-state index is 14.4. The lowest BCUT2D eigenvalue weighted by Gasteiger charge is -2.34. The molecule has 8 heteroatoms. The maximum Gasteiger partial charge on any atom is 0.264 e. The van der Waals surface area contributed by atoms with Gasteiger partial charge in [0.1, 0.15) is 12.6 Å². The van der Waals surface area contributed by atoms with Crippen LogP contribution in [0.2, 0.25) is 0 Å². The first-order valence-corrected chi connectivity index (χ1v) is 15.4. The number of rotatable bonds is 12. The molecule has 0 aliphatic carbocycles. The second kappa shape index (κ2) is 14.0. The lowest BCUT2D eigenvalue weighted by Crippen LogP contribution is -2.53. The van der Waals surface area contributed by atoms with Gasteiger partial charge >= 0.3 is 0 Å². The molecule has 4 rings (SSSR count). The number of aryl methyl sites for hydroxylation is 2. The number of sulfonamides is 1. The van der Waals surface area contributed by atoms with Crippen LogP contribution in [0.4, 0.5) is 5.69 Å². The molecule has 1 unspecified atom stereocenters. The van der Waals surface area contributed by atoms with Gasteiger partial charge in [0.15, 0.2) is 0 Å². The van der Waals surface area contributed by atoms with Crippen LogP contribution in [0.25, 0.3) is 0 Å². The van der Waals surface area contributed by atoms with E-state index in [1.54, 1.807) is 30.3 Å². The van der Waals surface area contributed by atoms with Crippen molar-refractivity contribution in [2.24, 2.45) is 0 Å². The summed E-state index contributed by atoms with van der Waals surface area (Å²) in [7, 11) is -4.11. The maximum atomic E-state index is 14.4. The molecule has 0 aliphatic rings. The van der Waals surface area contributed by atoms with Gasteiger partial charge in [0.05, 0.1) is 10.6 Å². The quantitative estimate of drug-likeness (QED) is 0.246. The Hall–Kier alpha value is -4.43. The largest absolute Gasteiger partial charge is 0.355 e. The van der Waals surface area contributed by atoms with E-state index in [4.69, 9.17) is 0 Å². The third-order valence-corrected chi connectivity index (χ3v) is 8.83. The van der Waals surface area contributed by atoms with Crippen LogP contribution in [-0.2, 0) is 32.6 Å². The van der Waals surface area contributed by atoms with Crippen molar-refractivity contribution in [3.8, 4) is 0 Å². The van der Waals surface area contributed by atoms with Gasteiger partial charge in [-0.1, -0.05) is 96.6 Å². The topological polar surface area (TPSA) is 86.8 Å². The number of likely N-dealkylation sites (N-methyl/N-ethyl adjacent to an activating group) is 1. The number of nitrogens with one attached hydrogen (secondary N) is 1. The minimum Gasteiger partial charge on any atom is -0.355 e. The Morgan fingerprint density at radius 3 is 2.05 bits per heavy atom. The minimum atomic E-state index is -4.11. The average molecular weight is 584 g/mol. The van der Waals surface area contributed by atoms with Crippen molar-refractivity contribution in [1.82, 2.24) is 10.2 Å².